The number of hydrogen-bond donors (Lipinski definition) is 0. The molecule has 0 amide bonds. The first-order valence-electron chi connectivity index (χ1n) is 9.42. The SMILES string of the molecule is COc1ccccc1O/C=C(\C)C(=Nc1ccccc1)Oc1cc(C)cc(C)c1. The van der Waals surface area contributed by atoms with Crippen LogP contribution >= 0.6 is 0 Å². The number of ether oxygens (including phenoxy) is 3. The minimum atomic E-state index is 0.469. The summed E-state index contributed by atoms with van der Waals surface area (Å²) in [6.45, 7) is 5.99. The van der Waals surface area contributed by atoms with E-state index in [-0.39, 0.29) is 0 Å². The van der Waals surface area contributed by atoms with Crippen molar-refractivity contribution in [1.29, 1.82) is 0 Å². The van der Waals surface area contributed by atoms with Crippen molar-refractivity contribution in [3.63, 3.8) is 0 Å². The molecule has 148 valence electrons. The smallest absolute Gasteiger partial charge is 0.225 e. The van der Waals surface area contributed by atoms with E-state index in [1.165, 1.54) is 0 Å². The van der Waals surface area contributed by atoms with E-state index in [2.05, 4.69) is 11.1 Å². The average Bonchev–Trinajstić information content (AvgIpc) is 2.71. The van der Waals surface area contributed by atoms with Gasteiger partial charge in [-0.3, -0.25) is 0 Å². The van der Waals surface area contributed by atoms with Gasteiger partial charge < -0.3 is 14.2 Å². The van der Waals surface area contributed by atoms with Crippen molar-refractivity contribution in [2.45, 2.75) is 20.8 Å². The van der Waals surface area contributed by atoms with Crippen molar-refractivity contribution >= 4 is 11.6 Å². The first kappa shape index (κ1) is 20.2. The molecule has 0 saturated heterocycles. The van der Waals surface area contributed by atoms with Crippen molar-refractivity contribution in [2.75, 3.05) is 7.11 Å². The van der Waals surface area contributed by atoms with Gasteiger partial charge in [-0.05, 0) is 68.3 Å². The van der Waals surface area contributed by atoms with E-state index in [4.69, 9.17) is 14.2 Å². The first-order valence-corrected chi connectivity index (χ1v) is 9.42. The van der Waals surface area contributed by atoms with Gasteiger partial charge in [0.1, 0.15) is 5.75 Å². The van der Waals surface area contributed by atoms with E-state index >= 15 is 0 Å². The van der Waals surface area contributed by atoms with Gasteiger partial charge in [0.15, 0.2) is 11.5 Å². The molecule has 0 spiro atoms. The van der Waals surface area contributed by atoms with Crippen LogP contribution in [0.15, 0.2) is 89.6 Å². The van der Waals surface area contributed by atoms with Crippen molar-refractivity contribution in [3.8, 4) is 17.2 Å². The molecule has 4 heteroatoms. The Balaban J connectivity index is 1.92. The Morgan fingerprint density at radius 3 is 2.10 bits per heavy atom. The van der Waals surface area contributed by atoms with Gasteiger partial charge in [-0.15, -0.1) is 0 Å². The fraction of sp³-hybridized carbons (Fsp3) is 0.160. The Morgan fingerprint density at radius 2 is 1.45 bits per heavy atom. The van der Waals surface area contributed by atoms with Gasteiger partial charge in [-0.25, -0.2) is 4.99 Å². The number of para-hydroxylation sites is 3. The van der Waals surface area contributed by atoms with E-state index in [0.29, 0.717) is 17.4 Å². The van der Waals surface area contributed by atoms with Crippen molar-refractivity contribution in [3.05, 3.63) is 95.8 Å². The topological polar surface area (TPSA) is 40.0 Å². The molecule has 0 saturated carbocycles. The zero-order valence-corrected chi connectivity index (χ0v) is 17.2. The monoisotopic (exact) mass is 387 g/mol. The summed E-state index contributed by atoms with van der Waals surface area (Å²) in [5.41, 5.74) is 3.81. The number of hydrogen-bond acceptors (Lipinski definition) is 4. The van der Waals surface area contributed by atoms with Crippen molar-refractivity contribution in [1.82, 2.24) is 0 Å². The second-order valence-corrected chi connectivity index (χ2v) is 6.75. The van der Waals surface area contributed by atoms with Crippen LogP contribution in [0.2, 0.25) is 0 Å². The predicted molar refractivity (Wildman–Crippen MR) is 117 cm³/mol. The number of methoxy groups -OCH3 is 1. The lowest BCUT2D eigenvalue weighted by Gasteiger charge is -2.12. The molecule has 0 aromatic heterocycles. The van der Waals surface area contributed by atoms with Gasteiger partial charge in [0.2, 0.25) is 5.90 Å². The van der Waals surface area contributed by atoms with Crippen LogP contribution in [0.3, 0.4) is 0 Å². The van der Waals surface area contributed by atoms with E-state index in [0.717, 1.165) is 28.1 Å². The van der Waals surface area contributed by atoms with E-state index < -0.39 is 0 Å². The van der Waals surface area contributed by atoms with Crippen molar-refractivity contribution < 1.29 is 14.2 Å². The van der Waals surface area contributed by atoms with Crippen LogP contribution < -0.4 is 14.2 Å². The molecule has 0 unspecified atom stereocenters. The van der Waals surface area contributed by atoms with Crippen LogP contribution in [0.5, 0.6) is 17.2 Å². The summed E-state index contributed by atoms with van der Waals surface area (Å²) in [6.07, 6.45) is 1.63. The summed E-state index contributed by atoms with van der Waals surface area (Å²) in [5, 5.41) is 0. The molecule has 3 aromatic carbocycles. The molecule has 0 aliphatic heterocycles. The fourth-order valence-electron chi connectivity index (χ4n) is 2.83. The lowest BCUT2D eigenvalue weighted by Crippen LogP contribution is -2.11. The van der Waals surface area contributed by atoms with Crippen LogP contribution in [-0.4, -0.2) is 13.0 Å². The minimum absolute atomic E-state index is 0.469. The van der Waals surface area contributed by atoms with E-state index in [1.807, 2.05) is 87.5 Å². The molecule has 0 radical (unpaired) electrons. The number of aryl methyl sites for hydroxylation is 2. The summed E-state index contributed by atoms with van der Waals surface area (Å²) in [4.78, 5) is 4.68. The normalized spacial score (nSPS) is 11.9. The number of nitrogens with zero attached hydrogens (tertiary/aromatic N) is 1. The molecule has 29 heavy (non-hydrogen) atoms. The van der Waals surface area contributed by atoms with Gasteiger partial charge in [-0.1, -0.05) is 36.4 Å². The van der Waals surface area contributed by atoms with Crippen LogP contribution in [0.25, 0.3) is 0 Å². The third-order valence-corrected chi connectivity index (χ3v) is 4.17. The largest absolute Gasteiger partial charge is 0.493 e. The second-order valence-electron chi connectivity index (χ2n) is 6.75. The standard InChI is InChI=1S/C25H25NO3/c1-18-14-19(2)16-22(15-18)29-25(26-21-10-6-5-7-11-21)20(3)17-28-24-13-9-8-12-23(24)27-4/h5-17H,1-4H3/b20-17+,26-25?. The third kappa shape index (κ3) is 5.72. The van der Waals surface area contributed by atoms with Crippen LogP contribution in [-0.2, 0) is 0 Å². The third-order valence-electron chi connectivity index (χ3n) is 4.17. The fourth-order valence-corrected chi connectivity index (χ4v) is 2.83. The zero-order chi connectivity index (χ0) is 20.6. The Kier molecular flexibility index (Phi) is 6.69. The van der Waals surface area contributed by atoms with Gasteiger partial charge >= 0.3 is 0 Å². The minimum Gasteiger partial charge on any atom is -0.493 e. The first-order chi connectivity index (χ1) is 14.0. The maximum atomic E-state index is 6.16. The highest BCUT2D eigenvalue weighted by atomic mass is 16.5. The molecule has 0 fully saturated rings. The quantitative estimate of drug-likeness (QED) is 0.279. The predicted octanol–water partition coefficient (Wildman–Crippen LogP) is 6.40. The van der Waals surface area contributed by atoms with E-state index in [1.54, 1.807) is 13.4 Å². The van der Waals surface area contributed by atoms with E-state index in [9.17, 15) is 0 Å². The molecule has 4 nitrogen and oxygen atoms in total. The lowest BCUT2D eigenvalue weighted by atomic mass is 10.1. The molecule has 3 aromatic rings. The van der Waals surface area contributed by atoms with Crippen LogP contribution in [0.4, 0.5) is 5.69 Å². The number of benzene rings is 3. The molecule has 0 N–H and O–H groups in total. The Hall–Kier alpha value is -3.53. The molecular formula is C25H25NO3. The molecule has 0 bridgehead atoms. The summed E-state index contributed by atoms with van der Waals surface area (Å²) >= 11 is 0. The Morgan fingerprint density at radius 1 is 0.828 bits per heavy atom. The highest BCUT2D eigenvalue weighted by molar-refractivity contribution is 5.96. The average molecular weight is 387 g/mol. The second kappa shape index (κ2) is 9.60. The van der Waals surface area contributed by atoms with Crippen molar-refractivity contribution in [2.24, 2.45) is 4.99 Å². The molecule has 0 aliphatic rings. The summed E-state index contributed by atoms with van der Waals surface area (Å²) < 4.78 is 17.3. The lowest BCUT2D eigenvalue weighted by molar-refractivity contribution is 0.377. The molecule has 0 atom stereocenters. The van der Waals surface area contributed by atoms with Crippen LogP contribution in [0.1, 0.15) is 18.1 Å². The number of rotatable bonds is 6. The molecular weight excluding hydrogens is 362 g/mol. The Labute approximate surface area is 172 Å². The summed E-state index contributed by atoms with van der Waals surface area (Å²) in [7, 11) is 1.62. The highest BCUT2D eigenvalue weighted by Gasteiger charge is 2.10. The van der Waals surface area contributed by atoms with Gasteiger partial charge in [0.05, 0.1) is 19.1 Å². The number of aliphatic imine (C=N–C) groups is 1. The molecule has 0 aliphatic carbocycles. The summed E-state index contributed by atoms with van der Waals surface area (Å²) in [6, 6.07) is 23.3. The van der Waals surface area contributed by atoms with Gasteiger partial charge in [0, 0.05) is 5.57 Å². The molecule has 0 heterocycles. The maximum Gasteiger partial charge on any atom is 0.225 e. The summed E-state index contributed by atoms with van der Waals surface area (Å²) in [5.74, 6) is 2.49. The highest BCUT2D eigenvalue weighted by Crippen LogP contribution is 2.27. The van der Waals surface area contributed by atoms with Gasteiger partial charge in [-0.2, -0.15) is 0 Å². The van der Waals surface area contributed by atoms with Gasteiger partial charge in [0.25, 0.3) is 0 Å². The Bertz CT molecular complexity index is 1000. The maximum absolute atomic E-state index is 6.16. The zero-order valence-electron chi connectivity index (χ0n) is 17.2. The van der Waals surface area contributed by atoms with Crippen LogP contribution in [0, 0.1) is 13.8 Å². The molecule has 3 rings (SSSR count).